The summed E-state index contributed by atoms with van der Waals surface area (Å²) >= 11 is 3.56. The Morgan fingerprint density at radius 3 is 2.43 bits per heavy atom. The van der Waals surface area contributed by atoms with Crippen LogP contribution in [-0.2, 0) is 14.3 Å². The number of methoxy groups -OCH3 is 1. The smallest absolute Gasteiger partial charge is 0.417 e. The summed E-state index contributed by atoms with van der Waals surface area (Å²) in [7, 11) is 1.29. The van der Waals surface area contributed by atoms with Crippen molar-refractivity contribution in [1.82, 2.24) is 9.80 Å². The summed E-state index contributed by atoms with van der Waals surface area (Å²) in [5.74, 6) is -0.447. The molecule has 3 atom stereocenters. The van der Waals surface area contributed by atoms with Crippen LogP contribution in [0.3, 0.4) is 0 Å². The number of piperazine rings is 1. The molecule has 1 aliphatic carbocycles. The molecule has 1 aliphatic heterocycles. The maximum atomic E-state index is 12.5. The van der Waals surface area contributed by atoms with Gasteiger partial charge in [0.1, 0.15) is 12.1 Å². The van der Waals surface area contributed by atoms with Gasteiger partial charge in [0.25, 0.3) is 5.91 Å². The molecule has 0 N–H and O–H groups in total. The Morgan fingerprint density at radius 2 is 1.87 bits per heavy atom. The van der Waals surface area contributed by atoms with Crippen LogP contribution in [0, 0.1) is 0 Å². The quantitative estimate of drug-likeness (QED) is 0.593. The number of carbonyl (C=O) groups is 3. The first kappa shape index (κ1) is 18.0. The monoisotopic (exact) mass is 390 g/mol. The molecule has 0 aromatic carbocycles. The van der Waals surface area contributed by atoms with Crippen LogP contribution in [0.5, 0.6) is 0 Å². The average molecular weight is 391 g/mol. The van der Waals surface area contributed by atoms with Crippen molar-refractivity contribution in [3.8, 4) is 0 Å². The first-order valence-electron chi connectivity index (χ1n) is 7.69. The number of hydrogen-bond acceptors (Lipinski definition) is 5. The number of alkyl halides is 1. The summed E-state index contributed by atoms with van der Waals surface area (Å²) in [6.07, 6.45) is 1.24. The van der Waals surface area contributed by atoms with E-state index in [1.807, 2.05) is 0 Å². The van der Waals surface area contributed by atoms with Crippen LogP contribution in [0.25, 0.3) is 0 Å². The molecule has 7 nitrogen and oxygen atoms in total. The minimum Gasteiger partial charge on any atom is -0.453 e. The van der Waals surface area contributed by atoms with Crippen molar-refractivity contribution in [3.63, 3.8) is 0 Å². The van der Waals surface area contributed by atoms with Gasteiger partial charge in [0.15, 0.2) is 0 Å². The molecule has 8 heteroatoms. The lowest BCUT2D eigenvalue weighted by Gasteiger charge is -2.49. The molecule has 0 spiro atoms. The largest absolute Gasteiger partial charge is 0.453 e. The highest BCUT2D eigenvalue weighted by Crippen LogP contribution is 2.35. The van der Waals surface area contributed by atoms with Gasteiger partial charge in [-0.15, -0.1) is 0 Å². The molecule has 0 aromatic rings. The molecule has 0 aromatic heterocycles. The molecule has 1 saturated heterocycles. The van der Waals surface area contributed by atoms with E-state index in [1.165, 1.54) is 16.9 Å². The number of fused-ring (bicyclic) bond motifs is 1. The van der Waals surface area contributed by atoms with Crippen molar-refractivity contribution in [2.75, 3.05) is 13.7 Å². The predicted molar refractivity (Wildman–Crippen MR) is 86.3 cm³/mol. The maximum absolute atomic E-state index is 12.5. The molecule has 2 fully saturated rings. The number of amides is 3. The summed E-state index contributed by atoms with van der Waals surface area (Å²) in [5.41, 5.74) is -0.692. The second-order valence-electron chi connectivity index (χ2n) is 6.85. The Bertz CT molecular complexity index is 505. The molecule has 0 bridgehead atoms. The van der Waals surface area contributed by atoms with Crippen LogP contribution in [0.2, 0.25) is 0 Å². The summed E-state index contributed by atoms with van der Waals surface area (Å²) in [5, 5.41) is 0. The number of hydrogen-bond donors (Lipinski definition) is 0. The molecule has 3 amide bonds. The van der Waals surface area contributed by atoms with Crippen LogP contribution >= 0.6 is 15.9 Å². The summed E-state index contributed by atoms with van der Waals surface area (Å²) in [4.78, 5) is 39.5. The van der Waals surface area contributed by atoms with Gasteiger partial charge < -0.3 is 9.47 Å². The lowest BCUT2D eigenvalue weighted by atomic mass is 9.86. The fourth-order valence-electron chi connectivity index (χ4n) is 3.14. The second-order valence-corrected chi connectivity index (χ2v) is 8.02. The Kier molecular flexibility index (Phi) is 5.23. The van der Waals surface area contributed by atoms with Gasteiger partial charge in [0.05, 0.1) is 19.2 Å². The number of nitrogens with zero attached hydrogens (tertiary/aromatic N) is 2. The van der Waals surface area contributed by atoms with Gasteiger partial charge in [-0.05, 0) is 33.6 Å². The minimum absolute atomic E-state index is 0.0785. The van der Waals surface area contributed by atoms with Gasteiger partial charge in [0.2, 0.25) is 0 Å². The molecular formula is C15H23BrN2O5. The zero-order valence-electron chi connectivity index (χ0n) is 13.9. The van der Waals surface area contributed by atoms with Crippen LogP contribution in [0.4, 0.5) is 9.59 Å². The molecular weight excluding hydrogens is 368 g/mol. The van der Waals surface area contributed by atoms with E-state index in [-0.39, 0.29) is 17.4 Å². The molecule has 1 saturated carbocycles. The van der Waals surface area contributed by atoms with E-state index in [0.717, 1.165) is 12.8 Å². The number of ether oxygens (including phenoxy) is 2. The van der Waals surface area contributed by atoms with Crippen LogP contribution in [-0.4, -0.2) is 64.1 Å². The number of carbonyl (C=O) groups excluding carboxylic acids is 3. The Labute approximate surface area is 144 Å². The first-order chi connectivity index (χ1) is 10.7. The molecule has 1 heterocycles. The lowest BCUT2D eigenvalue weighted by Crippen LogP contribution is -2.68. The molecule has 2 aliphatic rings. The average Bonchev–Trinajstić information content (AvgIpc) is 2.44. The topological polar surface area (TPSA) is 76.2 Å². The van der Waals surface area contributed by atoms with Crippen LogP contribution in [0.15, 0.2) is 0 Å². The van der Waals surface area contributed by atoms with Crippen molar-refractivity contribution < 1.29 is 23.9 Å². The second kappa shape index (κ2) is 6.67. The highest BCUT2D eigenvalue weighted by Gasteiger charge is 2.51. The van der Waals surface area contributed by atoms with E-state index in [4.69, 9.17) is 9.47 Å². The van der Waals surface area contributed by atoms with Crippen LogP contribution < -0.4 is 0 Å². The van der Waals surface area contributed by atoms with Gasteiger partial charge in [0, 0.05) is 4.83 Å². The highest BCUT2D eigenvalue weighted by molar-refractivity contribution is 9.09. The zero-order chi connectivity index (χ0) is 17.4. The van der Waals surface area contributed by atoms with Gasteiger partial charge in [-0.2, -0.15) is 0 Å². The van der Waals surface area contributed by atoms with Gasteiger partial charge in [-0.25, -0.2) is 14.5 Å². The number of halogens is 1. The number of rotatable bonds is 0. The Balaban J connectivity index is 2.31. The van der Waals surface area contributed by atoms with Gasteiger partial charge in [-0.1, -0.05) is 22.4 Å². The first-order valence-corrected chi connectivity index (χ1v) is 8.61. The van der Waals surface area contributed by atoms with Crippen molar-refractivity contribution in [3.05, 3.63) is 0 Å². The third kappa shape index (κ3) is 3.79. The van der Waals surface area contributed by atoms with Crippen molar-refractivity contribution in [1.29, 1.82) is 0 Å². The highest BCUT2D eigenvalue weighted by atomic mass is 79.9. The van der Waals surface area contributed by atoms with E-state index in [0.29, 0.717) is 6.42 Å². The van der Waals surface area contributed by atoms with E-state index in [9.17, 15) is 14.4 Å². The van der Waals surface area contributed by atoms with Crippen molar-refractivity contribution >= 4 is 34.0 Å². The Morgan fingerprint density at radius 1 is 1.22 bits per heavy atom. The van der Waals surface area contributed by atoms with Crippen molar-refractivity contribution in [2.24, 2.45) is 0 Å². The SMILES string of the molecule is COC(=O)N1CC(=O)N(C(=O)OC(C)(C)C)[C@H]2[C@@H](Br)CCC[C@@H]21. The molecule has 23 heavy (non-hydrogen) atoms. The summed E-state index contributed by atoms with van der Waals surface area (Å²) < 4.78 is 10.2. The fourth-order valence-corrected chi connectivity index (χ4v) is 4.05. The van der Waals surface area contributed by atoms with E-state index in [1.54, 1.807) is 20.8 Å². The van der Waals surface area contributed by atoms with Crippen molar-refractivity contribution in [2.45, 2.75) is 62.5 Å². The zero-order valence-corrected chi connectivity index (χ0v) is 15.5. The van der Waals surface area contributed by atoms with Gasteiger partial charge in [-0.3, -0.25) is 9.69 Å². The van der Waals surface area contributed by atoms with Crippen LogP contribution in [0.1, 0.15) is 40.0 Å². The normalized spacial score (nSPS) is 28.2. The molecule has 2 rings (SSSR count). The standard InChI is InChI=1S/C15H23BrN2O5/c1-15(2,3)23-14(21)18-11(19)8-17(13(20)22-4)10-7-5-6-9(16)12(10)18/h9-10,12H,5-8H2,1-4H3/t9-,10-,12-/m0/s1. The predicted octanol–water partition coefficient (Wildman–Crippen LogP) is 2.52. The molecule has 0 unspecified atom stereocenters. The lowest BCUT2D eigenvalue weighted by molar-refractivity contribution is -0.141. The van der Waals surface area contributed by atoms with Gasteiger partial charge >= 0.3 is 12.2 Å². The molecule has 130 valence electrons. The third-order valence-electron chi connectivity index (χ3n) is 4.02. The summed E-state index contributed by atoms with van der Waals surface area (Å²) in [6.45, 7) is 5.09. The third-order valence-corrected chi connectivity index (χ3v) is 5.02. The van der Waals surface area contributed by atoms with E-state index in [2.05, 4.69) is 15.9 Å². The van der Waals surface area contributed by atoms with E-state index >= 15 is 0 Å². The van der Waals surface area contributed by atoms with E-state index < -0.39 is 29.7 Å². The minimum atomic E-state index is -0.692. The molecule has 0 radical (unpaired) electrons. The Hall–Kier alpha value is -1.31. The number of imide groups is 1. The summed E-state index contributed by atoms with van der Waals surface area (Å²) in [6, 6.07) is -0.704. The maximum Gasteiger partial charge on any atom is 0.417 e. The fraction of sp³-hybridized carbons (Fsp3) is 0.800.